The van der Waals surface area contributed by atoms with Gasteiger partial charge in [-0.05, 0) is 12.8 Å². The van der Waals surface area contributed by atoms with Crippen LogP contribution in [0.25, 0.3) is 0 Å². The highest BCUT2D eigenvalue weighted by Crippen LogP contribution is 2.12. The molecular formula is C9H17ClN2O2S. The molecule has 4 nitrogen and oxygen atoms in total. The maximum Gasteiger partial charge on any atom is 0.238 e. The van der Waals surface area contributed by atoms with E-state index in [0.29, 0.717) is 6.54 Å². The van der Waals surface area contributed by atoms with Gasteiger partial charge < -0.3 is 10.1 Å². The third-order valence-electron chi connectivity index (χ3n) is 2.56. The maximum absolute atomic E-state index is 11.6. The van der Waals surface area contributed by atoms with Gasteiger partial charge in [0, 0.05) is 24.8 Å². The van der Waals surface area contributed by atoms with Gasteiger partial charge in [-0.2, -0.15) is 0 Å². The van der Waals surface area contributed by atoms with Crippen LogP contribution in [0, 0.1) is 0 Å². The molecule has 0 spiro atoms. The number of hydrogen-bond acceptors (Lipinski definition) is 4. The smallest absolute Gasteiger partial charge is 0.238 e. The lowest BCUT2D eigenvalue weighted by atomic mass is 10.2. The second kappa shape index (κ2) is 6.58. The van der Waals surface area contributed by atoms with Crippen molar-refractivity contribution in [2.75, 3.05) is 24.8 Å². The van der Waals surface area contributed by atoms with E-state index in [4.69, 9.17) is 4.74 Å². The minimum atomic E-state index is 0. The zero-order chi connectivity index (χ0) is 9.80. The molecule has 0 saturated carbocycles. The van der Waals surface area contributed by atoms with Gasteiger partial charge in [0.15, 0.2) is 0 Å². The van der Waals surface area contributed by atoms with Crippen LogP contribution in [0.4, 0.5) is 0 Å². The number of halogens is 1. The topological polar surface area (TPSA) is 50.4 Å². The number of carbonyl (C=O) groups is 1. The van der Waals surface area contributed by atoms with Crippen molar-refractivity contribution in [3.05, 3.63) is 0 Å². The van der Waals surface area contributed by atoms with E-state index in [2.05, 4.69) is 10.6 Å². The molecule has 0 aromatic rings. The highest BCUT2D eigenvalue weighted by molar-refractivity contribution is 7.99. The average Bonchev–Trinajstić information content (AvgIpc) is 2.87. The fourth-order valence-corrected chi connectivity index (χ4v) is 2.65. The van der Waals surface area contributed by atoms with Crippen LogP contribution in [-0.2, 0) is 9.53 Å². The predicted octanol–water partition coefficient (Wildman–Crippen LogP) is 0.366. The van der Waals surface area contributed by atoms with Crippen molar-refractivity contribution in [2.24, 2.45) is 0 Å². The van der Waals surface area contributed by atoms with Crippen molar-refractivity contribution in [3.8, 4) is 0 Å². The van der Waals surface area contributed by atoms with Gasteiger partial charge in [0.25, 0.3) is 0 Å². The van der Waals surface area contributed by atoms with Crippen LogP contribution < -0.4 is 10.6 Å². The first-order chi connectivity index (χ1) is 6.86. The SMILES string of the molecule is Cl.O=C(NCC1CCCO1)[C@H]1CSCN1. The summed E-state index contributed by atoms with van der Waals surface area (Å²) < 4.78 is 5.43. The van der Waals surface area contributed by atoms with E-state index in [1.54, 1.807) is 11.8 Å². The van der Waals surface area contributed by atoms with Crippen molar-refractivity contribution in [3.63, 3.8) is 0 Å². The van der Waals surface area contributed by atoms with Gasteiger partial charge in [0.05, 0.1) is 12.1 Å². The highest BCUT2D eigenvalue weighted by Gasteiger charge is 2.23. The van der Waals surface area contributed by atoms with Crippen molar-refractivity contribution < 1.29 is 9.53 Å². The quantitative estimate of drug-likeness (QED) is 0.762. The van der Waals surface area contributed by atoms with E-state index < -0.39 is 0 Å². The molecule has 2 N–H and O–H groups in total. The first-order valence-electron chi connectivity index (χ1n) is 5.07. The second-order valence-corrected chi connectivity index (χ2v) is 4.68. The van der Waals surface area contributed by atoms with Crippen molar-refractivity contribution in [1.82, 2.24) is 10.6 Å². The molecule has 2 aliphatic heterocycles. The zero-order valence-corrected chi connectivity index (χ0v) is 10.2. The van der Waals surface area contributed by atoms with Gasteiger partial charge in [-0.1, -0.05) is 0 Å². The zero-order valence-electron chi connectivity index (χ0n) is 8.53. The number of thioether (sulfide) groups is 1. The summed E-state index contributed by atoms with van der Waals surface area (Å²) in [7, 11) is 0. The van der Waals surface area contributed by atoms with Gasteiger partial charge in [-0.15, -0.1) is 24.2 Å². The van der Waals surface area contributed by atoms with E-state index in [0.717, 1.165) is 31.1 Å². The molecule has 2 rings (SSSR count). The Morgan fingerprint density at radius 3 is 3.07 bits per heavy atom. The van der Waals surface area contributed by atoms with Gasteiger partial charge in [0.1, 0.15) is 0 Å². The summed E-state index contributed by atoms with van der Waals surface area (Å²) in [6.07, 6.45) is 2.44. The Kier molecular flexibility index (Phi) is 5.74. The third-order valence-corrected chi connectivity index (χ3v) is 3.50. The Labute approximate surface area is 100 Å². The van der Waals surface area contributed by atoms with Crippen LogP contribution in [-0.4, -0.2) is 42.8 Å². The summed E-state index contributed by atoms with van der Waals surface area (Å²) >= 11 is 1.77. The van der Waals surface area contributed by atoms with E-state index in [9.17, 15) is 4.79 Å². The van der Waals surface area contributed by atoms with Crippen molar-refractivity contribution in [2.45, 2.75) is 25.0 Å². The number of carbonyl (C=O) groups excluding carboxylic acids is 1. The van der Waals surface area contributed by atoms with Gasteiger partial charge in [-0.3, -0.25) is 10.1 Å². The molecule has 2 heterocycles. The average molecular weight is 253 g/mol. The van der Waals surface area contributed by atoms with E-state index in [-0.39, 0.29) is 30.5 Å². The summed E-state index contributed by atoms with van der Waals surface area (Å²) in [5, 5.41) is 6.07. The van der Waals surface area contributed by atoms with E-state index >= 15 is 0 Å². The standard InChI is InChI=1S/C9H16N2O2S.ClH/c12-9(8-5-14-6-11-8)10-4-7-2-1-3-13-7;/h7-8,11H,1-6H2,(H,10,12);1H/t7?,8-;/m1./s1. The van der Waals surface area contributed by atoms with Crippen LogP contribution in [0.15, 0.2) is 0 Å². The molecule has 0 aromatic carbocycles. The van der Waals surface area contributed by atoms with Gasteiger partial charge in [-0.25, -0.2) is 0 Å². The molecule has 0 bridgehead atoms. The third kappa shape index (κ3) is 3.83. The number of amides is 1. The van der Waals surface area contributed by atoms with Crippen LogP contribution >= 0.6 is 24.2 Å². The molecule has 2 fully saturated rings. The van der Waals surface area contributed by atoms with Crippen LogP contribution in [0.1, 0.15) is 12.8 Å². The van der Waals surface area contributed by atoms with Crippen LogP contribution in [0.3, 0.4) is 0 Å². The molecule has 1 amide bonds. The Bertz CT molecular complexity index is 206. The molecule has 15 heavy (non-hydrogen) atoms. The number of ether oxygens (including phenoxy) is 1. The van der Waals surface area contributed by atoms with Crippen LogP contribution in [0.5, 0.6) is 0 Å². The lowest BCUT2D eigenvalue weighted by molar-refractivity contribution is -0.122. The van der Waals surface area contributed by atoms with Gasteiger partial charge in [0.2, 0.25) is 5.91 Å². The Balaban J connectivity index is 0.00000112. The largest absolute Gasteiger partial charge is 0.376 e. The molecule has 6 heteroatoms. The fraction of sp³-hybridized carbons (Fsp3) is 0.889. The lowest BCUT2D eigenvalue weighted by Gasteiger charge is -2.13. The number of rotatable bonds is 3. The fourth-order valence-electron chi connectivity index (χ4n) is 1.71. The number of hydrogen-bond donors (Lipinski definition) is 2. The Morgan fingerprint density at radius 1 is 1.60 bits per heavy atom. The molecule has 88 valence electrons. The van der Waals surface area contributed by atoms with Gasteiger partial charge >= 0.3 is 0 Å². The summed E-state index contributed by atoms with van der Waals surface area (Å²) in [5.41, 5.74) is 0. The molecule has 0 aromatic heterocycles. The van der Waals surface area contributed by atoms with E-state index in [1.165, 1.54) is 0 Å². The lowest BCUT2D eigenvalue weighted by Crippen LogP contribution is -2.44. The Morgan fingerprint density at radius 2 is 2.47 bits per heavy atom. The summed E-state index contributed by atoms with van der Waals surface area (Å²) in [6.45, 7) is 1.51. The molecule has 2 atom stereocenters. The summed E-state index contributed by atoms with van der Waals surface area (Å²) in [6, 6.07) is 0.00130. The molecule has 2 aliphatic rings. The predicted molar refractivity (Wildman–Crippen MR) is 63.5 cm³/mol. The highest BCUT2D eigenvalue weighted by atomic mass is 35.5. The first-order valence-corrected chi connectivity index (χ1v) is 6.22. The second-order valence-electron chi connectivity index (χ2n) is 3.65. The number of nitrogens with one attached hydrogen (secondary N) is 2. The van der Waals surface area contributed by atoms with Crippen molar-refractivity contribution >= 4 is 30.1 Å². The molecule has 0 aliphatic carbocycles. The maximum atomic E-state index is 11.6. The summed E-state index contributed by atoms with van der Waals surface area (Å²) in [5.74, 6) is 1.89. The molecule has 0 radical (unpaired) electrons. The minimum absolute atomic E-state index is 0. The minimum Gasteiger partial charge on any atom is -0.376 e. The molecular weight excluding hydrogens is 236 g/mol. The van der Waals surface area contributed by atoms with E-state index in [1.807, 2.05) is 0 Å². The van der Waals surface area contributed by atoms with Crippen molar-refractivity contribution in [1.29, 1.82) is 0 Å². The Hall–Kier alpha value is 0.0300. The summed E-state index contributed by atoms with van der Waals surface area (Å²) in [4.78, 5) is 11.6. The molecule has 2 saturated heterocycles. The molecule has 1 unspecified atom stereocenters. The monoisotopic (exact) mass is 252 g/mol. The van der Waals surface area contributed by atoms with Crippen LogP contribution in [0.2, 0.25) is 0 Å². The normalized spacial score (nSPS) is 29.9. The first kappa shape index (κ1) is 13.1.